The Morgan fingerprint density at radius 1 is 0.323 bits per heavy atom. The van der Waals surface area contributed by atoms with Crippen molar-refractivity contribution in [3.63, 3.8) is 0 Å². The normalized spacial score (nSPS) is 12.1. The molecular weight excluding hydrogens is 1690 g/mol. The average molecular weight is 1830 g/mol. The first kappa shape index (κ1) is 109. The summed E-state index contributed by atoms with van der Waals surface area (Å²) >= 11 is 0. The van der Waals surface area contributed by atoms with Crippen LogP contribution in [-0.4, -0.2) is 240 Å². The topological polar surface area (TPSA) is 542 Å². The van der Waals surface area contributed by atoms with Crippen LogP contribution in [0.5, 0.6) is 0 Å². The van der Waals surface area contributed by atoms with E-state index in [1.165, 1.54) is 0 Å². The Hall–Kier alpha value is -12.0. The van der Waals surface area contributed by atoms with Crippen LogP contribution >= 0.6 is 12.4 Å². The number of carbonyl (C=O) groups is 13. The number of hydrogen-bond donors (Lipinski definition) is 18. The van der Waals surface area contributed by atoms with Crippen LogP contribution < -0.4 is 92.1 Å². The standard InChI is InChI=1S/C92H136N20O17.ClH/c93-45-20-15-38-78(110-92(125)129-67-71-31-11-4-12-32-71)87(120)105-57-53-98-81(114)42-60-111(59-41-80(113)97-50-54-102-84(117)74(94)34-16-21-46-106-89(122)126-64-68-25-5-1-6-26-68)58-24-19-39-79(88(121)101-49-40-73-63-72-33-13-14-37-77(72)109-73)112(61-43-82(115)99-51-55-103-85(118)75(95)35-17-22-47-107-90(123)127-65-69-27-7-2-8-28-69)62-44-83(116)100-52-56-104-86(119)76(96)36-18-23-48-108-91(124)128-66-70-29-9-3-10-30-70;/h1-14,25-33,37,63,74-76,78-79,109H,15-24,34-36,38-62,64-67,93-96H2,(H,97,113)(H,98,114)(H,99,115)(H,100,116)(H,101,121)(H,102,117)(H,103,118)(H,104,119)(H,105,120)(H,106,122)(H,107,123)(H,108,124)(H,110,125);1H/t74-,75-,76-,78-,79-;/m0./s1. The predicted octanol–water partition coefficient (Wildman–Crippen LogP) is 4.58. The van der Waals surface area contributed by atoms with Gasteiger partial charge in [-0.25, -0.2) is 19.2 Å². The number of H-pyrrole nitrogens is 1. The molecule has 0 radical (unpaired) electrons. The second-order valence-corrected chi connectivity index (χ2v) is 31.2. The summed E-state index contributed by atoms with van der Waals surface area (Å²) < 4.78 is 21.2. The van der Waals surface area contributed by atoms with E-state index in [0.29, 0.717) is 129 Å². The molecule has 38 heteroatoms. The lowest BCUT2D eigenvalue weighted by molar-refractivity contribution is -0.129. The maximum absolute atomic E-state index is 14.9. The molecule has 37 nitrogen and oxygen atoms in total. The van der Waals surface area contributed by atoms with E-state index in [1.54, 1.807) is 17.0 Å². The molecule has 22 N–H and O–H groups in total. The predicted molar refractivity (Wildman–Crippen MR) is 496 cm³/mol. The number of aromatic amines is 1. The van der Waals surface area contributed by atoms with Crippen molar-refractivity contribution in [2.24, 2.45) is 22.9 Å². The number of hydrogen-bond acceptors (Lipinski definition) is 23. The average Bonchev–Trinajstić information content (AvgIpc) is 1.68. The molecule has 0 aliphatic carbocycles. The fraction of sp³-hybridized carbons (Fsp3) is 0.511. The number of benzene rings is 5. The molecule has 0 fully saturated rings. The van der Waals surface area contributed by atoms with E-state index >= 15 is 0 Å². The molecule has 0 spiro atoms. The summed E-state index contributed by atoms with van der Waals surface area (Å²) in [4.78, 5) is 179. The lowest BCUT2D eigenvalue weighted by Gasteiger charge is -2.31. The van der Waals surface area contributed by atoms with Crippen LogP contribution in [0.1, 0.15) is 150 Å². The van der Waals surface area contributed by atoms with Gasteiger partial charge in [-0.15, -0.1) is 12.4 Å². The smallest absolute Gasteiger partial charge is 0.408 e. The minimum atomic E-state index is -0.937. The number of ether oxygens (including phenoxy) is 4. The molecule has 0 saturated heterocycles. The highest BCUT2D eigenvalue weighted by molar-refractivity contribution is 5.87. The molecule has 0 aliphatic heterocycles. The van der Waals surface area contributed by atoms with Crippen molar-refractivity contribution >= 4 is 101 Å². The highest BCUT2D eigenvalue weighted by Gasteiger charge is 2.29. The summed E-state index contributed by atoms with van der Waals surface area (Å²) in [6.07, 6.45) is 4.45. The van der Waals surface area contributed by atoms with Gasteiger partial charge in [0.05, 0.1) is 24.2 Å². The monoisotopic (exact) mass is 1830 g/mol. The number of carbonyl (C=O) groups excluding carboxylic acids is 13. The third-order valence-electron chi connectivity index (χ3n) is 20.8. The quantitative estimate of drug-likeness (QED) is 0.0183. The molecule has 5 atom stereocenters. The first-order valence-corrected chi connectivity index (χ1v) is 44.9. The number of alkyl carbamates (subject to hydrolysis) is 4. The number of nitrogens with zero attached hydrogens (tertiary/aromatic N) is 2. The Morgan fingerprint density at radius 2 is 0.662 bits per heavy atom. The van der Waals surface area contributed by atoms with Crippen LogP contribution in [-0.2, 0) is 94.9 Å². The third kappa shape index (κ3) is 49.0. The third-order valence-corrected chi connectivity index (χ3v) is 20.8. The van der Waals surface area contributed by atoms with E-state index in [9.17, 15) is 62.3 Å². The van der Waals surface area contributed by atoms with Crippen molar-refractivity contribution in [1.29, 1.82) is 0 Å². The van der Waals surface area contributed by atoms with Gasteiger partial charge in [0.1, 0.15) is 32.5 Å². The molecule has 0 saturated carbocycles. The highest BCUT2D eigenvalue weighted by atomic mass is 35.5. The number of unbranched alkanes of at least 4 members (excludes halogenated alkanes) is 5. The molecule has 0 aliphatic rings. The van der Waals surface area contributed by atoms with Crippen molar-refractivity contribution in [2.75, 3.05) is 118 Å². The lowest BCUT2D eigenvalue weighted by Crippen LogP contribution is -2.50. The van der Waals surface area contributed by atoms with Crippen LogP contribution in [0.4, 0.5) is 19.2 Å². The molecular formula is C92H137ClN20O17. The number of para-hydroxylation sites is 1. The first-order chi connectivity index (χ1) is 62.6. The Labute approximate surface area is 767 Å². The summed E-state index contributed by atoms with van der Waals surface area (Å²) in [6.45, 7) is 3.07. The molecule has 5 aromatic carbocycles. The number of nitrogens with two attached hydrogens (primary N) is 4. The zero-order valence-corrected chi connectivity index (χ0v) is 75.4. The Balaban J connectivity index is 0.0000299. The number of nitrogens with one attached hydrogen (secondary N) is 14. The van der Waals surface area contributed by atoms with Crippen LogP contribution in [0.2, 0.25) is 0 Å². The fourth-order valence-electron chi connectivity index (χ4n) is 13.5. The summed E-state index contributed by atoms with van der Waals surface area (Å²) in [5.74, 6) is -3.63. The van der Waals surface area contributed by atoms with Gasteiger partial charge in [0.2, 0.25) is 53.2 Å². The van der Waals surface area contributed by atoms with E-state index in [-0.39, 0.29) is 174 Å². The zero-order chi connectivity index (χ0) is 92.7. The molecule has 0 unspecified atom stereocenters. The summed E-state index contributed by atoms with van der Waals surface area (Å²) in [6, 6.07) is 42.3. The largest absolute Gasteiger partial charge is 0.445 e. The first-order valence-electron chi connectivity index (χ1n) is 44.9. The number of aromatic nitrogens is 1. The summed E-state index contributed by atoms with van der Waals surface area (Å²) in [5.41, 5.74) is 29.5. The van der Waals surface area contributed by atoms with Crippen molar-refractivity contribution < 1.29 is 81.3 Å². The van der Waals surface area contributed by atoms with Crippen LogP contribution in [0.25, 0.3) is 10.9 Å². The highest BCUT2D eigenvalue weighted by Crippen LogP contribution is 2.18. The summed E-state index contributed by atoms with van der Waals surface area (Å²) in [5, 5.41) is 37.3. The van der Waals surface area contributed by atoms with E-state index in [0.717, 1.165) is 38.9 Å². The van der Waals surface area contributed by atoms with E-state index in [2.05, 4.69) is 74.1 Å². The van der Waals surface area contributed by atoms with Crippen molar-refractivity contribution in [2.45, 2.75) is 185 Å². The van der Waals surface area contributed by atoms with Crippen molar-refractivity contribution in [1.82, 2.24) is 83.9 Å². The molecule has 1 aromatic heterocycles. The van der Waals surface area contributed by atoms with Gasteiger partial charge in [0.15, 0.2) is 0 Å². The summed E-state index contributed by atoms with van der Waals surface area (Å²) in [7, 11) is 0. The molecule has 130 heavy (non-hydrogen) atoms. The molecule has 1 heterocycles. The van der Waals surface area contributed by atoms with Gasteiger partial charge in [-0.05, 0) is 143 Å². The van der Waals surface area contributed by atoms with Gasteiger partial charge < -0.3 is 121 Å². The van der Waals surface area contributed by atoms with Crippen LogP contribution in [0, 0.1) is 0 Å². The molecule has 714 valence electrons. The van der Waals surface area contributed by atoms with E-state index < -0.39 is 90.0 Å². The van der Waals surface area contributed by atoms with Gasteiger partial charge in [0, 0.05) is 148 Å². The van der Waals surface area contributed by atoms with Gasteiger partial charge >= 0.3 is 24.4 Å². The zero-order valence-electron chi connectivity index (χ0n) is 74.6. The Bertz CT molecular complexity index is 4160. The lowest BCUT2D eigenvalue weighted by atomic mass is 10.0. The minimum absolute atomic E-state index is 0. The van der Waals surface area contributed by atoms with Crippen LogP contribution in [0.15, 0.2) is 152 Å². The van der Waals surface area contributed by atoms with Gasteiger partial charge in [0.25, 0.3) is 0 Å². The maximum Gasteiger partial charge on any atom is 0.408 e. The fourth-order valence-corrected chi connectivity index (χ4v) is 13.5. The maximum atomic E-state index is 14.9. The minimum Gasteiger partial charge on any atom is -0.445 e. The molecule has 6 aromatic rings. The molecule has 13 amide bonds. The Morgan fingerprint density at radius 3 is 1.05 bits per heavy atom. The van der Waals surface area contributed by atoms with Crippen molar-refractivity contribution in [3.8, 4) is 0 Å². The second-order valence-electron chi connectivity index (χ2n) is 31.2. The van der Waals surface area contributed by atoms with Crippen molar-refractivity contribution in [3.05, 3.63) is 180 Å². The molecule has 0 bridgehead atoms. The van der Waals surface area contributed by atoms with Gasteiger partial charge in [-0.2, -0.15) is 0 Å². The Kier molecular flexibility index (Phi) is 55.4. The van der Waals surface area contributed by atoms with E-state index in [1.807, 2.05) is 144 Å². The SMILES string of the molecule is Cl.NCCCC[C@H](NC(=O)OCc1ccccc1)C(=O)NCCNC(=O)CCN(CCCC[C@@H](C(=O)NCCc1cc2ccccc2[nH]1)N(CCC(=O)NCCNC(=O)[C@@H](N)CCCCNC(=O)OCc1ccccc1)CCC(=O)NCCNC(=O)[C@@H](N)CCCCNC(=O)OCc1ccccc1)CCC(=O)NCCNC(=O)[C@@H](N)CCCCNC(=O)OCc1ccccc1. The number of fused-ring (bicyclic) bond motifs is 1. The van der Waals surface area contributed by atoms with E-state index in [4.69, 9.17) is 41.9 Å². The number of halogens is 1. The molecule has 6 rings (SSSR count). The van der Waals surface area contributed by atoms with Gasteiger partial charge in [-0.1, -0.05) is 146 Å². The number of amides is 13. The van der Waals surface area contributed by atoms with Gasteiger partial charge in [-0.3, -0.25) is 48.1 Å². The second kappa shape index (κ2) is 66.4. The number of rotatable bonds is 66. The van der Waals surface area contributed by atoms with Crippen LogP contribution in [0.3, 0.4) is 0 Å².